The summed E-state index contributed by atoms with van der Waals surface area (Å²) in [7, 11) is 4.13. The second kappa shape index (κ2) is 7.13. The molecule has 0 N–H and O–H groups in total. The number of hydrogen-bond acceptors (Lipinski definition) is 2. The summed E-state index contributed by atoms with van der Waals surface area (Å²) in [5, 5.41) is 0. The van der Waals surface area contributed by atoms with E-state index in [1.807, 2.05) is 29.2 Å². The lowest BCUT2D eigenvalue weighted by molar-refractivity contribution is 0.0783. The summed E-state index contributed by atoms with van der Waals surface area (Å²) in [5.41, 5.74) is 1.80. The average Bonchev–Trinajstić information content (AvgIpc) is 2.88. The summed E-state index contributed by atoms with van der Waals surface area (Å²) < 4.78 is 0. The van der Waals surface area contributed by atoms with Gasteiger partial charge in [0.05, 0.1) is 0 Å². The molecule has 0 saturated carbocycles. The van der Waals surface area contributed by atoms with Crippen LogP contribution in [0.4, 0.5) is 0 Å². The van der Waals surface area contributed by atoms with Crippen molar-refractivity contribution in [2.75, 3.05) is 27.2 Å². The van der Waals surface area contributed by atoms with Crippen molar-refractivity contribution < 1.29 is 4.79 Å². The highest BCUT2D eigenvalue weighted by atomic mass is 35.5. The van der Waals surface area contributed by atoms with E-state index in [9.17, 15) is 4.79 Å². The third-order valence-corrected chi connectivity index (χ3v) is 3.84. The summed E-state index contributed by atoms with van der Waals surface area (Å²) in [4.78, 5) is 16.4. The minimum atomic E-state index is 0. The molecule has 1 atom stereocenters. The van der Waals surface area contributed by atoms with Crippen LogP contribution in [-0.4, -0.2) is 48.9 Å². The van der Waals surface area contributed by atoms with Crippen molar-refractivity contribution in [3.05, 3.63) is 35.4 Å². The van der Waals surface area contributed by atoms with Crippen LogP contribution in [0.3, 0.4) is 0 Å². The minimum Gasteiger partial charge on any atom is -0.337 e. The highest BCUT2D eigenvalue weighted by Crippen LogP contribution is 2.17. The first kappa shape index (κ1) is 16.3. The molecule has 0 radical (unpaired) electrons. The zero-order chi connectivity index (χ0) is 13.1. The molecule has 1 saturated heterocycles. The van der Waals surface area contributed by atoms with Gasteiger partial charge in [0.2, 0.25) is 0 Å². The summed E-state index contributed by atoms with van der Waals surface area (Å²) in [6, 6.07) is 8.04. The number of likely N-dealkylation sites (tertiary alicyclic amines) is 1. The monoisotopic (exact) mass is 302 g/mol. The number of amides is 1. The number of alkyl halides is 1. The van der Waals surface area contributed by atoms with E-state index < -0.39 is 0 Å². The van der Waals surface area contributed by atoms with E-state index in [0.29, 0.717) is 11.9 Å². The Balaban J connectivity index is 0.00000180. The maximum absolute atomic E-state index is 12.3. The van der Waals surface area contributed by atoms with Crippen LogP contribution in [0.5, 0.6) is 0 Å². The molecule has 0 aliphatic carbocycles. The van der Waals surface area contributed by atoms with Crippen LogP contribution >= 0.6 is 24.0 Å². The molecule has 1 aliphatic rings. The highest BCUT2D eigenvalue weighted by molar-refractivity contribution is 6.17. The Morgan fingerprint density at radius 2 is 2.00 bits per heavy atom. The van der Waals surface area contributed by atoms with Gasteiger partial charge in [0.15, 0.2) is 0 Å². The molecule has 0 bridgehead atoms. The van der Waals surface area contributed by atoms with E-state index in [1.165, 1.54) is 0 Å². The predicted molar refractivity (Wildman–Crippen MR) is 81.2 cm³/mol. The number of benzene rings is 1. The Labute approximate surface area is 125 Å². The predicted octanol–water partition coefficient (Wildman–Crippen LogP) is 2.62. The highest BCUT2D eigenvalue weighted by Gasteiger charge is 2.27. The summed E-state index contributed by atoms with van der Waals surface area (Å²) in [5.74, 6) is 0.612. The van der Waals surface area contributed by atoms with Crippen molar-refractivity contribution in [2.24, 2.45) is 0 Å². The van der Waals surface area contributed by atoms with Gasteiger partial charge in [-0.05, 0) is 38.2 Å². The number of hydrogen-bond donors (Lipinski definition) is 0. The molecule has 106 valence electrons. The first-order valence-corrected chi connectivity index (χ1v) is 6.76. The molecule has 1 aliphatic heterocycles. The molecule has 3 nitrogen and oxygen atoms in total. The Kier molecular flexibility index (Phi) is 6.11. The molecule has 19 heavy (non-hydrogen) atoms. The zero-order valence-corrected chi connectivity index (χ0v) is 12.9. The number of rotatable bonds is 3. The van der Waals surface area contributed by atoms with Crippen LogP contribution in [0.15, 0.2) is 24.3 Å². The van der Waals surface area contributed by atoms with Gasteiger partial charge in [0.25, 0.3) is 5.91 Å². The first-order valence-electron chi connectivity index (χ1n) is 6.22. The number of carbonyl (C=O) groups is 1. The fraction of sp³-hybridized carbons (Fsp3) is 0.500. The lowest BCUT2D eigenvalue weighted by Crippen LogP contribution is -2.34. The topological polar surface area (TPSA) is 23.6 Å². The first-order chi connectivity index (χ1) is 8.61. The van der Waals surface area contributed by atoms with E-state index in [-0.39, 0.29) is 18.3 Å². The molecule has 5 heteroatoms. The molecular formula is C14H20Cl2N2O. The third-order valence-electron chi connectivity index (χ3n) is 3.54. The van der Waals surface area contributed by atoms with Gasteiger partial charge in [-0.2, -0.15) is 0 Å². The molecule has 1 aromatic rings. The van der Waals surface area contributed by atoms with E-state index in [2.05, 4.69) is 19.0 Å². The van der Waals surface area contributed by atoms with Crippen LogP contribution < -0.4 is 0 Å². The van der Waals surface area contributed by atoms with Gasteiger partial charge in [-0.15, -0.1) is 24.0 Å². The molecule has 0 spiro atoms. The van der Waals surface area contributed by atoms with Crippen LogP contribution in [0, 0.1) is 0 Å². The van der Waals surface area contributed by atoms with Crippen LogP contribution in [0.25, 0.3) is 0 Å². The van der Waals surface area contributed by atoms with Gasteiger partial charge in [-0.25, -0.2) is 0 Å². The Hall–Kier alpha value is -0.770. The van der Waals surface area contributed by atoms with Crippen LogP contribution in [0.1, 0.15) is 22.3 Å². The average molecular weight is 303 g/mol. The van der Waals surface area contributed by atoms with Crippen LogP contribution in [0.2, 0.25) is 0 Å². The Morgan fingerprint density at radius 3 is 2.47 bits per heavy atom. The number of carbonyl (C=O) groups excluding carboxylic acids is 1. The van der Waals surface area contributed by atoms with Crippen molar-refractivity contribution in [2.45, 2.75) is 18.3 Å². The van der Waals surface area contributed by atoms with Crippen molar-refractivity contribution >= 4 is 29.9 Å². The van der Waals surface area contributed by atoms with Gasteiger partial charge in [0, 0.05) is 30.6 Å². The fourth-order valence-corrected chi connectivity index (χ4v) is 2.44. The summed E-state index contributed by atoms with van der Waals surface area (Å²) >= 11 is 5.74. The molecule has 1 amide bonds. The minimum absolute atomic E-state index is 0. The molecule has 1 aromatic carbocycles. The fourth-order valence-electron chi connectivity index (χ4n) is 2.27. The molecule has 1 heterocycles. The number of nitrogens with zero attached hydrogens (tertiary/aromatic N) is 2. The van der Waals surface area contributed by atoms with E-state index in [0.717, 1.165) is 30.6 Å². The molecular weight excluding hydrogens is 283 g/mol. The zero-order valence-electron chi connectivity index (χ0n) is 11.3. The molecule has 2 rings (SSSR count). The summed E-state index contributed by atoms with van der Waals surface area (Å²) in [6.45, 7) is 1.67. The van der Waals surface area contributed by atoms with Crippen molar-refractivity contribution in [1.29, 1.82) is 0 Å². The van der Waals surface area contributed by atoms with Gasteiger partial charge in [0.1, 0.15) is 0 Å². The standard InChI is InChI=1S/C14H19ClN2O.ClH/c1-16(2)13-7-8-17(10-13)14(18)12-5-3-11(9-15)4-6-12;/h3-6,13H,7-10H2,1-2H3;1H. The van der Waals surface area contributed by atoms with Crippen LogP contribution in [-0.2, 0) is 5.88 Å². The number of halogens is 2. The second-order valence-corrected chi connectivity index (χ2v) is 5.26. The molecule has 1 fully saturated rings. The maximum Gasteiger partial charge on any atom is 0.253 e. The number of likely N-dealkylation sites (N-methyl/N-ethyl adjacent to an activating group) is 1. The summed E-state index contributed by atoms with van der Waals surface area (Å²) in [6.07, 6.45) is 1.05. The van der Waals surface area contributed by atoms with Gasteiger partial charge < -0.3 is 9.80 Å². The van der Waals surface area contributed by atoms with E-state index in [1.54, 1.807) is 0 Å². The normalized spacial score (nSPS) is 18.5. The van der Waals surface area contributed by atoms with Gasteiger partial charge in [-0.1, -0.05) is 12.1 Å². The van der Waals surface area contributed by atoms with Crippen molar-refractivity contribution in [3.8, 4) is 0 Å². The smallest absolute Gasteiger partial charge is 0.253 e. The SMILES string of the molecule is CN(C)C1CCN(C(=O)c2ccc(CCl)cc2)C1.Cl. The molecule has 1 unspecified atom stereocenters. The second-order valence-electron chi connectivity index (χ2n) is 4.99. The lowest BCUT2D eigenvalue weighted by atomic mass is 10.1. The van der Waals surface area contributed by atoms with E-state index >= 15 is 0 Å². The third kappa shape index (κ3) is 3.85. The van der Waals surface area contributed by atoms with Gasteiger partial charge in [-0.3, -0.25) is 4.79 Å². The van der Waals surface area contributed by atoms with Crippen molar-refractivity contribution in [3.63, 3.8) is 0 Å². The van der Waals surface area contributed by atoms with Gasteiger partial charge >= 0.3 is 0 Å². The lowest BCUT2D eigenvalue weighted by Gasteiger charge is -2.20. The Morgan fingerprint density at radius 1 is 1.37 bits per heavy atom. The largest absolute Gasteiger partial charge is 0.337 e. The maximum atomic E-state index is 12.3. The quantitative estimate of drug-likeness (QED) is 0.802. The van der Waals surface area contributed by atoms with Crippen molar-refractivity contribution in [1.82, 2.24) is 9.80 Å². The Bertz CT molecular complexity index is 420. The van der Waals surface area contributed by atoms with E-state index in [4.69, 9.17) is 11.6 Å². The molecule has 0 aromatic heterocycles.